The first-order chi connectivity index (χ1) is 10.5. The zero-order valence-electron chi connectivity index (χ0n) is 12.2. The molecular formula is C17H18ClNO3. The molecule has 2 rings (SSSR count). The van der Waals surface area contributed by atoms with Crippen LogP contribution in [-0.2, 0) is 11.3 Å². The summed E-state index contributed by atoms with van der Waals surface area (Å²) in [5.74, 6) is -1.06. The van der Waals surface area contributed by atoms with Crippen molar-refractivity contribution in [1.29, 1.82) is 0 Å². The number of aliphatic hydroxyl groups excluding tert-OH is 1. The number of hydrogen-bond acceptors (Lipinski definition) is 3. The van der Waals surface area contributed by atoms with Gasteiger partial charge in [-0.1, -0.05) is 41.9 Å². The Labute approximate surface area is 134 Å². The molecule has 2 aromatic rings. The summed E-state index contributed by atoms with van der Waals surface area (Å²) >= 11 is 5.91. The quantitative estimate of drug-likeness (QED) is 0.766. The minimum atomic E-state index is -1.06. The van der Waals surface area contributed by atoms with Crippen molar-refractivity contribution in [3.05, 3.63) is 58.6 Å². The summed E-state index contributed by atoms with van der Waals surface area (Å²) in [6.45, 7) is 1.94. The Balaban J connectivity index is 2.22. The molecule has 0 unspecified atom stereocenters. The van der Waals surface area contributed by atoms with Crippen molar-refractivity contribution in [3.8, 4) is 11.1 Å². The van der Waals surface area contributed by atoms with Crippen molar-refractivity contribution in [2.75, 3.05) is 6.61 Å². The van der Waals surface area contributed by atoms with Gasteiger partial charge in [0.05, 0.1) is 6.61 Å². The van der Waals surface area contributed by atoms with Crippen LogP contribution in [0.15, 0.2) is 42.5 Å². The Morgan fingerprint density at radius 2 is 1.91 bits per heavy atom. The van der Waals surface area contributed by atoms with E-state index in [1.54, 1.807) is 0 Å². The van der Waals surface area contributed by atoms with Crippen molar-refractivity contribution in [2.45, 2.75) is 19.5 Å². The van der Waals surface area contributed by atoms with Gasteiger partial charge in [0.25, 0.3) is 0 Å². The van der Waals surface area contributed by atoms with Gasteiger partial charge in [-0.2, -0.15) is 0 Å². The van der Waals surface area contributed by atoms with Crippen LogP contribution in [0.3, 0.4) is 0 Å². The van der Waals surface area contributed by atoms with Crippen LogP contribution in [0.1, 0.15) is 11.1 Å². The average molecular weight is 320 g/mol. The SMILES string of the molecule is Cc1c(CN[C@H](CO)C(=O)O)cccc1-c1ccc(Cl)cc1. The van der Waals surface area contributed by atoms with Gasteiger partial charge in [-0.25, -0.2) is 0 Å². The highest BCUT2D eigenvalue weighted by Crippen LogP contribution is 2.26. The second-order valence-corrected chi connectivity index (χ2v) is 5.49. The number of nitrogens with one attached hydrogen (secondary N) is 1. The molecule has 3 N–H and O–H groups in total. The van der Waals surface area contributed by atoms with Crippen molar-refractivity contribution < 1.29 is 15.0 Å². The lowest BCUT2D eigenvalue weighted by Crippen LogP contribution is -2.39. The average Bonchev–Trinajstić information content (AvgIpc) is 2.50. The molecule has 0 bridgehead atoms. The minimum absolute atomic E-state index is 0.380. The molecular weight excluding hydrogens is 302 g/mol. The van der Waals surface area contributed by atoms with Crippen molar-refractivity contribution in [3.63, 3.8) is 0 Å². The van der Waals surface area contributed by atoms with Crippen molar-refractivity contribution in [2.24, 2.45) is 0 Å². The Hall–Kier alpha value is -1.88. The van der Waals surface area contributed by atoms with E-state index in [-0.39, 0.29) is 0 Å². The number of hydrogen-bond donors (Lipinski definition) is 3. The fourth-order valence-electron chi connectivity index (χ4n) is 2.28. The van der Waals surface area contributed by atoms with Crippen LogP contribution in [-0.4, -0.2) is 28.8 Å². The topological polar surface area (TPSA) is 69.6 Å². The monoisotopic (exact) mass is 319 g/mol. The molecule has 22 heavy (non-hydrogen) atoms. The lowest BCUT2D eigenvalue weighted by Gasteiger charge is -2.15. The first kappa shape index (κ1) is 16.5. The molecule has 0 aliphatic rings. The number of halogens is 1. The van der Waals surface area contributed by atoms with E-state index in [4.69, 9.17) is 21.8 Å². The maximum atomic E-state index is 10.9. The van der Waals surface area contributed by atoms with E-state index in [0.29, 0.717) is 11.6 Å². The molecule has 4 nitrogen and oxygen atoms in total. The Morgan fingerprint density at radius 1 is 1.23 bits per heavy atom. The third kappa shape index (κ3) is 3.85. The summed E-state index contributed by atoms with van der Waals surface area (Å²) in [4.78, 5) is 10.9. The van der Waals surface area contributed by atoms with Gasteiger partial charge in [-0.15, -0.1) is 0 Å². The van der Waals surface area contributed by atoms with Gasteiger partial charge in [-0.05, 0) is 41.3 Å². The molecule has 0 fully saturated rings. The molecule has 0 radical (unpaired) electrons. The van der Waals surface area contributed by atoms with Gasteiger partial charge in [0, 0.05) is 11.6 Å². The molecule has 0 spiro atoms. The molecule has 0 aromatic heterocycles. The van der Waals surface area contributed by atoms with Gasteiger partial charge in [0.2, 0.25) is 0 Å². The molecule has 1 atom stereocenters. The number of carboxylic acids is 1. The van der Waals surface area contributed by atoms with E-state index >= 15 is 0 Å². The first-order valence-corrected chi connectivity index (χ1v) is 7.32. The predicted molar refractivity (Wildman–Crippen MR) is 87.0 cm³/mol. The van der Waals surface area contributed by atoms with Crippen molar-refractivity contribution >= 4 is 17.6 Å². The second-order valence-electron chi connectivity index (χ2n) is 5.05. The van der Waals surface area contributed by atoms with E-state index in [1.807, 2.05) is 49.4 Å². The summed E-state index contributed by atoms with van der Waals surface area (Å²) in [5.41, 5.74) is 4.19. The van der Waals surface area contributed by atoms with Gasteiger partial charge < -0.3 is 10.2 Å². The highest BCUT2D eigenvalue weighted by atomic mass is 35.5. The van der Waals surface area contributed by atoms with E-state index in [0.717, 1.165) is 22.3 Å². The molecule has 0 saturated heterocycles. The predicted octanol–water partition coefficient (Wildman–Crippen LogP) is 2.85. The molecule has 2 aromatic carbocycles. The molecule has 0 aliphatic carbocycles. The largest absolute Gasteiger partial charge is 0.480 e. The van der Waals surface area contributed by atoms with Crippen LogP contribution in [0.4, 0.5) is 0 Å². The number of rotatable bonds is 6. The molecule has 0 heterocycles. The number of benzene rings is 2. The van der Waals surface area contributed by atoms with Gasteiger partial charge in [0.15, 0.2) is 0 Å². The van der Waals surface area contributed by atoms with Crippen LogP contribution in [0.25, 0.3) is 11.1 Å². The lowest BCUT2D eigenvalue weighted by molar-refractivity contribution is -0.140. The molecule has 0 saturated carbocycles. The van der Waals surface area contributed by atoms with Crippen LogP contribution in [0.2, 0.25) is 5.02 Å². The van der Waals surface area contributed by atoms with E-state index in [2.05, 4.69) is 5.32 Å². The summed E-state index contributed by atoms with van der Waals surface area (Å²) in [7, 11) is 0. The lowest BCUT2D eigenvalue weighted by atomic mass is 9.96. The van der Waals surface area contributed by atoms with Gasteiger partial charge in [0.1, 0.15) is 6.04 Å². The fourth-order valence-corrected chi connectivity index (χ4v) is 2.41. The highest BCUT2D eigenvalue weighted by Gasteiger charge is 2.15. The fraction of sp³-hybridized carbons (Fsp3) is 0.235. The number of aliphatic carboxylic acids is 1. The Morgan fingerprint density at radius 3 is 2.50 bits per heavy atom. The van der Waals surface area contributed by atoms with E-state index < -0.39 is 18.6 Å². The molecule has 5 heteroatoms. The smallest absolute Gasteiger partial charge is 0.323 e. The van der Waals surface area contributed by atoms with Crippen LogP contribution in [0, 0.1) is 6.92 Å². The molecule has 0 amide bonds. The van der Waals surface area contributed by atoms with Crippen molar-refractivity contribution in [1.82, 2.24) is 5.32 Å². The number of aliphatic hydroxyl groups is 1. The van der Waals surface area contributed by atoms with Gasteiger partial charge in [-0.3, -0.25) is 10.1 Å². The van der Waals surface area contributed by atoms with E-state index in [9.17, 15) is 4.79 Å². The third-order valence-corrected chi connectivity index (χ3v) is 3.87. The number of carboxylic acid groups (broad SMARTS) is 1. The normalized spacial score (nSPS) is 12.1. The summed E-state index contributed by atoms with van der Waals surface area (Å²) < 4.78 is 0. The standard InChI is InChI=1S/C17H18ClNO3/c1-11-13(9-19-16(10-20)17(21)22)3-2-4-15(11)12-5-7-14(18)8-6-12/h2-8,16,19-20H,9-10H2,1H3,(H,21,22)/t16-/m1/s1. The minimum Gasteiger partial charge on any atom is -0.480 e. The van der Waals surface area contributed by atoms with Crippen LogP contribution >= 0.6 is 11.6 Å². The maximum Gasteiger partial charge on any atom is 0.323 e. The molecule has 0 aliphatic heterocycles. The molecule has 116 valence electrons. The zero-order chi connectivity index (χ0) is 16.1. The first-order valence-electron chi connectivity index (χ1n) is 6.94. The summed E-state index contributed by atoms with van der Waals surface area (Å²) in [6.07, 6.45) is 0. The zero-order valence-corrected chi connectivity index (χ0v) is 13.0. The van der Waals surface area contributed by atoms with Gasteiger partial charge >= 0.3 is 5.97 Å². The Bertz CT molecular complexity index is 655. The maximum absolute atomic E-state index is 10.9. The Kier molecular flexibility index (Phi) is 5.55. The summed E-state index contributed by atoms with van der Waals surface area (Å²) in [5, 5.41) is 21.5. The highest BCUT2D eigenvalue weighted by molar-refractivity contribution is 6.30. The summed E-state index contributed by atoms with van der Waals surface area (Å²) in [6, 6.07) is 12.5. The van der Waals surface area contributed by atoms with Crippen LogP contribution in [0.5, 0.6) is 0 Å². The third-order valence-electron chi connectivity index (χ3n) is 3.62. The van der Waals surface area contributed by atoms with Crippen LogP contribution < -0.4 is 5.32 Å². The second kappa shape index (κ2) is 7.40. The van der Waals surface area contributed by atoms with E-state index in [1.165, 1.54) is 0 Å². The number of carbonyl (C=O) groups is 1.